The van der Waals surface area contributed by atoms with Crippen LogP contribution in [0.25, 0.3) is 33.2 Å². The van der Waals surface area contributed by atoms with E-state index < -0.39 is 0 Å². The van der Waals surface area contributed by atoms with Crippen molar-refractivity contribution in [2.45, 2.75) is 33.2 Å². The molecule has 2 heteroatoms. The fourth-order valence-corrected chi connectivity index (χ4v) is 5.09. The van der Waals surface area contributed by atoms with Crippen LogP contribution >= 0.6 is 0 Å². The molecule has 0 radical (unpaired) electrons. The van der Waals surface area contributed by atoms with Gasteiger partial charge in [0.25, 0.3) is 0 Å². The molecule has 2 nitrogen and oxygen atoms in total. The van der Waals surface area contributed by atoms with Crippen molar-refractivity contribution in [1.82, 2.24) is 10.3 Å². The van der Waals surface area contributed by atoms with E-state index in [1.54, 1.807) is 0 Å². The lowest BCUT2D eigenvalue weighted by Gasteiger charge is -2.25. The fourth-order valence-electron chi connectivity index (χ4n) is 5.09. The minimum Gasteiger partial charge on any atom is -0.376 e. The summed E-state index contributed by atoms with van der Waals surface area (Å²) in [6.07, 6.45) is 7.10. The van der Waals surface area contributed by atoms with Crippen molar-refractivity contribution in [2.75, 3.05) is 0 Å². The minimum absolute atomic E-state index is 0.166. The maximum absolute atomic E-state index is 5.31. The molecule has 0 aliphatic rings. The summed E-state index contributed by atoms with van der Waals surface area (Å²) in [6, 6.07) is 40.4. The second-order valence-electron chi connectivity index (χ2n) is 10.8. The van der Waals surface area contributed by atoms with Crippen LogP contribution in [0.1, 0.15) is 44.5 Å². The zero-order chi connectivity index (χ0) is 28.6. The number of allylic oxidation sites excluding steroid dienone is 4. The summed E-state index contributed by atoms with van der Waals surface area (Å²) >= 11 is 0. The number of nitrogens with zero attached hydrogens (tertiary/aromatic N) is 1. The van der Waals surface area contributed by atoms with Gasteiger partial charge in [-0.1, -0.05) is 135 Å². The molecule has 0 amide bonds. The van der Waals surface area contributed by atoms with Gasteiger partial charge in [-0.2, -0.15) is 0 Å². The molecule has 0 aliphatic carbocycles. The van der Waals surface area contributed by atoms with Gasteiger partial charge in [0.15, 0.2) is 0 Å². The average Bonchev–Trinajstić information content (AvgIpc) is 3.02. The molecule has 0 aliphatic heterocycles. The van der Waals surface area contributed by atoms with Crippen LogP contribution in [0.2, 0.25) is 0 Å². The number of nitrogens with one attached hydrogen (secondary N) is 1. The highest BCUT2D eigenvalue weighted by Gasteiger charge is 2.21. The van der Waals surface area contributed by atoms with Gasteiger partial charge in [-0.3, -0.25) is 4.98 Å². The van der Waals surface area contributed by atoms with Gasteiger partial charge < -0.3 is 5.32 Å². The zero-order valence-electron chi connectivity index (χ0n) is 24.2. The zero-order valence-corrected chi connectivity index (χ0v) is 24.2. The molecule has 1 aromatic heterocycles. The third kappa shape index (κ3) is 6.56. The van der Waals surface area contributed by atoms with E-state index in [2.05, 4.69) is 160 Å². The first-order valence-corrected chi connectivity index (χ1v) is 14.4. The molecule has 1 N–H and O–H groups in total. The molecule has 5 rings (SSSR count). The van der Waals surface area contributed by atoms with Crippen molar-refractivity contribution >= 4 is 10.8 Å². The van der Waals surface area contributed by atoms with Crippen LogP contribution in [0.3, 0.4) is 0 Å². The van der Waals surface area contributed by atoms with Crippen LogP contribution in [0.15, 0.2) is 151 Å². The van der Waals surface area contributed by atoms with E-state index in [4.69, 9.17) is 4.98 Å². The highest BCUT2D eigenvalue weighted by molar-refractivity contribution is 5.95. The van der Waals surface area contributed by atoms with Crippen LogP contribution in [0.4, 0.5) is 0 Å². The molecule has 0 bridgehead atoms. The molecule has 0 saturated carbocycles. The van der Waals surface area contributed by atoms with E-state index in [0.29, 0.717) is 5.92 Å². The van der Waals surface area contributed by atoms with Crippen LogP contribution in [-0.4, -0.2) is 4.98 Å². The minimum atomic E-state index is -0.166. The van der Waals surface area contributed by atoms with Crippen molar-refractivity contribution in [3.63, 3.8) is 0 Å². The second-order valence-corrected chi connectivity index (χ2v) is 10.8. The van der Waals surface area contributed by atoms with Gasteiger partial charge in [0.2, 0.25) is 0 Å². The van der Waals surface area contributed by atoms with Crippen molar-refractivity contribution in [3.05, 3.63) is 163 Å². The number of pyridine rings is 1. The van der Waals surface area contributed by atoms with Gasteiger partial charge in [0.1, 0.15) is 0 Å². The van der Waals surface area contributed by atoms with E-state index in [-0.39, 0.29) is 6.04 Å². The molecule has 204 valence electrons. The normalized spacial score (nSPS) is 12.9. The number of benzene rings is 4. The van der Waals surface area contributed by atoms with Crippen LogP contribution < -0.4 is 5.32 Å². The fraction of sp³-hybridized carbons (Fsp3) is 0.154. The van der Waals surface area contributed by atoms with Crippen molar-refractivity contribution in [3.8, 4) is 22.4 Å². The highest BCUT2D eigenvalue weighted by atomic mass is 15.0. The lowest BCUT2D eigenvalue weighted by Crippen LogP contribution is -2.23. The van der Waals surface area contributed by atoms with E-state index in [9.17, 15) is 0 Å². The Labute approximate surface area is 244 Å². The van der Waals surface area contributed by atoms with Crippen molar-refractivity contribution < 1.29 is 0 Å². The number of rotatable bonds is 10. The van der Waals surface area contributed by atoms with Gasteiger partial charge in [-0.15, -0.1) is 6.58 Å². The monoisotopic (exact) mass is 534 g/mol. The molecule has 41 heavy (non-hydrogen) atoms. The molecule has 0 spiro atoms. The van der Waals surface area contributed by atoms with E-state index in [1.165, 1.54) is 33.0 Å². The van der Waals surface area contributed by atoms with Gasteiger partial charge in [0.05, 0.1) is 17.4 Å². The predicted molar refractivity (Wildman–Crippen MR) is 176 cm³/mol. The van der Waals surface area contributed by atoms with Crippen LogP contribution in [-0.2, 0) is 0 Å². The van der Waals surface area contributed by atoms with E-state index >= 15 is 0 Å². The van der Waals surface area contributed by atoms with E-state index in [0.717, 1.165) is 29.1 Å². The van der Waals surface area contributed by atoms with Gasteiger partial charge in [-0.05, 0) is 58.5 Å². The quantitative estimate of drug-likeness (QED) is 0.142. The summed E-state index contributed by atoms with van der Waals surface area (Å²) in [4.78, 5) is 5.31. The van der Waals surface area contributed by atoms with Gasteiger partial charge in [0, 0.05) is 17.7 Å². The molecule has 1 unspecified atom stereocenters. The standard InChI is InChI=1S/C39H38N2/c1-5-15-32(27-26-29(4)28(2)3)40-39(36-22-12-11-21-34(36)30-16-7-6-8-17-30)38-25-14-24-37(41-38)35-23-13-19-31-18-9-10-20-33(31)35/h5-14,16-28,39-40H,1,15H2,2-4H3/b29-26+,32-27+. The maximum atomic E-state index is 5.31. The first kappa shape index (κ1) is 27.9. The summed E-state index contributed by atoms with van der Waals surface area (Å²) in [7, 11) is 0. The topological polar surface area (TPSA) is 24.9 Å². The third-order valence-electron chi connectivity index (χ3n) is 7.64. The summed E-state index contributed by atoms with van der Waals surface area (Å²) in [6.45, 7) is 10.7. The lowest BCUT2D eigenvalue weighted by molar-refractivity contribution is 0.662. The number of hydrogen-bond donors (Lipinski definition) is 1. The molecular formula is C39H38N2. The van der Waals surface area contributed by atoms with E-state index in [1.807, 2.05) is 6.08 Å². The Bertz CT molecular complexity index is 1690. The third-order valence-corrected chi connectivity index (χ3v) is 7.64. The second kappa shape index (κ2) is 13.1. The van der Waals surface area contributed by atoms with Crippen molar-refractivity contribution in [2.24, 2.45) is 5.92 Å². The Morgan fingerprint density at radius 1 is 0.756 bits per heavy atom. The number of hydrogen-bond acceptors (Lipinski definition) is 2. The lowest BCUT2D eigenvalue weighted by atomic mass is 9.92. The van der Waals surface area contributed by atoms with Crippen LogP contribution in [0.5, 0.6) is 0 Å². The summed E-state index contributed by atoms with van der Waals surface area (Å²) < 4.78 is 0. The Morgan fingerprint density at radius 3 is 2.24 bits per heavy atom. The van der Waals surface area contributed by atoms with Gasteiger partial charge in [-0.25, -0.2) is 0 Å². The largest absolute Gasteiger partial charge is 0.376 e. The number of aromatic nitrogens is 1. The smallest absolute Gasteiger partial charge is 0.0944 e. The molecule has 5 aromatic rings. The first-order chi connectivity index (χ1) is 20.0. The predicted octanol–water partition coefficient (Wildman–Crippen LogP) is 10.3. The summed E-state index contributed by atoms with van der Waals surface area (Å²) in [5, 5.41) is 6.31. The molecule has 1 atom stereocenters. The maximum Gasteiger partial charge on any atom is 0.0944 e. The Morgan fingerprint density at radius 2 is 1.44 bits per heavy atom. The Balaban J connectivity index is 1.66. The average molecular weight is 535 g/mol. The molecule has 0 saturated heterocycles. The molecule has 1 heterocycles. The Kier molecular flexibility index (Phi) is 8.91. The highest BCUT2D eigenvalue weighted by Crippen LogP contribution is 2.34. The SMILES string of the molecule is C=CC/C(=C\C=C(/C)C(C)C)NC(c1cccc(-c2cccc3ccccc23)n1)c1ccccc1-c1ccccc1. The molecule has 0 fully saturated rings. The molecular weight excluding hydrogens is 496 g/mol. The summed E-state index contributed by atoms with van der Waals surface area (Å²) in [5.41, 5.74) is 9.07. The first-order valence-electron chi connectivity index (χ1n) is 14.4. The summed E-state index contributed by atoms with van der Waals surface area (Å²) in [5.74, 6) is 0.491. The van der Waals surface area contributed by atoms with Crippen molar-refractivity contribution in [1.29, 1.82) is 0 Å². The van der Waals surface area contributed by atoms with Crippen LogP contribution in [0, 0.1) is 5.92 Å². The van der Waals surface area contributed by atoms with Gasteiger partial charge >= 0.3 is 0 Å². The molecule has 4 aromatic carbocycles. The Hall–Kier alpha value is -4.69. The number of fused-ring (bicyclic) bond motifs is 1.